The summed E-state index contributed by atoms with van der Waals surface area (Å²) in [7, 11) is 0. The summed E-state index contributed by atoms with van der Waals surface area (Å²) in [6, 6.07) is 11.2. The van der Waals surface area contributed by atoms with Crippen molar-refractivity contribution in [2.45, 2.75) is 19.9 Å². The predicted molar refractivity (Wildman–Crippen MR) is 112 cm³/mol. The summed E-state index contributed by atoms with van der Waals surface area (Å²) < 4.78 is 0.934. The van der Waals surface area contributed by atoms with Crippen LogP contribution >= 0.6 is 15.9 Å². The van der Waals surface area contributed by atoms with E-state index in [-0.39, 0.29) is 17.7 Å². The molecule has 5 nitrogen and oxygen atoms in total. The summed E-state index contributed by atoms with van der Waals surface area (Å²) in [6.45, 7) is 8.16. The van der Waals surface area contributed by atoms with Gasteiger partial charge in [0.2, 0.25) is 0 Å². The number of amides is 1. The van der Waals surface area contributed by atoms with E-state index in [1.54, 1.807) is 17.0 Å². The molecule has 1 amide bonds. The molecule has 142 valence electrons. The van der Waals surface area contributed by atoms with Crippen LogP contribution in [0.5, 0.6) is 5.75 Å². The summed E-state index contributed by atoms with van der Waals surface area (Å²) >= 11 is 3.52. The van der Waals surface area contributed by atoms with Crippen molar-refractivity contribution in [1.82, 2.24) is 15.1 Å². The van der Waals surface area contributed by atoms with Crippen LogP contribution in [0.25, 0.3) is 11.3 Å². The molecule has 1 aliphatic rings. The quantitative estimate of drug-likeness (QED) is 0.570. The number of fused-ring (bicyclic) bond motifs is 1. The lowest BCUT2D eigenvalue weighted by molar-refractivity contribution is 0.0764. The van der Waals surface area contributed by atoms with E-state index < -0.39 is 0 Å². The first-order valence-corrected chi connectivity index (χ1v) is 9.77. The fourth-order valence-corrected chi connectivity index (χ4v) is 4.16. The van der Waals surface area contributed by atoms with E-state index in [0.717, 1.165) is 26.7 Å². The van der Waals surface area contributed by atoms with Crippen LogP contribution in [0, 0.1) is 13.8 Å². The Kier molecular flexibility index (Phi) is 4.59. The Morgan fingerprint density at radius 3 is 2.75 bits per heavy atom. The molecule has 0 spiro atoms. The molecule has 0 unspecified atom stereocenters. The summed E-state index contributed by atoms with van der Waals surface area (Å²) in [6.07, 6.45) is 1.72. The molecule has 0 bridgehead atoms. The molecule has 3 aromatic rings. The van der Waals surface area contributed by atoms with Crippen molar-refractivity contribution >= 4 is 21.8 Å². The van der Waals surface area contributed by atoms with Gasteiger partial charge in [0.25, 0.3) is 5.91 Å². The van der Waals surface area contributed by atoms with Gasteiger partial charge in [-0.05, 0) is 54.8 Å². The van der Waals surface area contributed by atoms with Crippen LogP contribution in [-0.4, -0.2) is 32.7 Å². The minimum Gasteiger partial charge on any atom is -0.507 e. The van der Waals surface area contributed by atoms with Crippen LogP contribution in [0.3, 0.4) is 0 Å². The summed E-state index contributed by atoms with van der Waals surface area (Å²) in [5.41, 5.74) is 5.48. The van der Waals surface area contributed by atoms with E-state index >= 15 is 0 Å². The van der Waals surface area contributed by atoms with E-state index in [1.807, 2.05) is 44.2 Å². The van der Waals surface area contributed by atoms with Gasteiger partial charge in [0.1, 0.15) is 17.1 Å². The van der Waals surface area contributed by atoms with Crippen molar-refractivity contribution < 1.29 is 9.90 Å². The van der Waals surface area contributed by atoms with E-state index in [2.05, 4.69) is 32.7 Å². The fraction of sp³-hybridized carbons (Fsp3) is 0.182. The zero-order valence-corrected chi connectivity index (χ0v) is 17.2. The number of aromatic hydroxyl groups is 1. The van der Waals surface area contributed by atoms with Gasteiger partial charge in [0.15, 0.2) is 0 Å². The molecule has 0 saturated heterocycles. The number of H-pyrrole nitrogens is 1. The lowest BCUT2D eigenvalue weighted by Crippen LogP contribution is -2.29. The topological polar surface area (TPSA) is 69.2 Å². The average molecular weight is 438 g/mol. The standard InChI is InChI=1S/C22H20BrN3O2/c1-4-8-26-21(14-6-5-7-15(23)11-14)18-19(24-25-20(18)22(26)28)16-9-12(2)13(3)10-17(16)27/h4-7,9-11,21,27H,1,8H2,2-3H3,(H,24,25)/t21-/m1/s1. The maximum absolute atomic E-state index is 13.0. The Labute approximate surface area is 171 Å². The van der Waals surface area contributed by atoms with Gasteiger partial charge in [0, 0.05) is 22.1 Å². The Bertz CT molecular complexity index is 1100. The summed E-state index contributed by atoms with van der Waals surface area (Å²) in [5.74, 6) is 0.0296. The number of carbonyl (C=O) groups excluding carboxylic acids is 1. The molecule has 2 N–H and O–H groups in total. The Morgan fingerprint density at radius 2 is 2.04 bits per heavy atom. The second kappa shape index (κ2) is 6.95. The number of aromatic nitrogens is 2. The highest BCUT2D eigenvalue weighted by Crippen LogP contribution is 2.45. The largest absolute Gasteiger partial charge is 0.507 e. The van der Waals surface area contributed by atoms with Crippen LogP contribution in [0.2, 0.25) is 0 Å². The van der Waals surface area contributed by atoms with Crippen molar-refractivity contribution in [3.63, 3.8) is 0 Å². The predicted octanol–water partition coefficient (Wildman–Crippen LogP) is 4.89. The van der Waals surface area contributed by atoms with Gasteiger partial charge in [0.05, 0.1) is 6.04 Å². The number of hydrogen-bond donors (Lipinski definition) is 2. The third-order valence-corrected chi connectivity index (χ3v) is 5.71. The van der Waals surface area contributed by atoms with Gasteiger partial charge in [-0.25, -0.2) is 0 Å². The molecule has 0 radical (unpaired) electrons. The highest BCUT2D eigenvalue weighted by molar-refractivity contribution is 9.10. The molecule has 1 aromatic heterocycles. The van der Waals surface area contributed by atoms with Crippen LogP contribution in [0.1, 0.15) is 38.8 Å². The van der Waals surface area contributed by atoms with Gasteiger partial charge in [-0.1, -0.05) is 34.1 Å². The van der Waals surface area contributed by atoms with Crippen LogP contribution in [0.4, 0.5) is 0 Å². The molecule has 0 saturated carbocycles. The summed E-state index contributed by atoms with van der Waals surface area (Å²) in [5, 5.41) is 17.9. The van der Waals surface area contributed by atoms with Crippen molar-refractivity contribution in [2.24, 2.45) is 0 Å². The molecular weight excluding hydrogens is 418 g/mol. The first kappa shape index (κ1) is 18.5. The first-order chi connectivity index (χ1) is 13.4. The second-order valence-electron chi connectivity index (χ2n) is 7.02. The number of nitrogens with one attached hydrogen (secondary N) is 1. The van der Waals surface area contributed by atoms with E-state index in [9.17, 15) is 9.90 Å². The third kappa shape index (κ3) is 2.85. The summed E-state index contributed by atoms with van der Waals surface area (Å²) in [4.78, 5) is 14.8. The number of nitrogens with zero attached hydrogens (tertiary/aromatic N) is 2. The molecule has 0 fully saturated rings. The smallest absolute Gasteiger partial charge is 0.273 e. The lowest BCUT2D eigenvalue weighted by atomic mass is 9.94. The molecule has 2 aromatic carbocycles. The molecule has 1 atom stereocenters. The lowest BCUT2D eigenvalue weighted by Gasteiger charge is -2.25. The number of phenols is 1. The van der Waals surface area contributed by atoms with Crippen LogP contribution < -0.4 is 0 Å². The Morgan fingerprint density at radius 1 is 1.29 bits per heavy atom. The number of benzene rings is 2. The third-order valence-electron chi connectivity index (χ3n) is 5.22. The molecular formula is C22H20BrN3O2. The van der Waals surface area contributed by atoms with E-state index in [4.69, 9.17) is 0 Å². The maximum atomic E-state index is 13.0. The van der Waals surface area contributed by atoms with E-state index in [0.29, 0.717) is 23.5 Å². The van der Waals surface area contributed by atoms with Gasteiger partial charge in [-0.15, -0.1) is 6.58 Å². The zero-order chi connectivity index (χ0) is 20.0. The van der Waals surface area contributed by atoms with Gasteiger partial charge in [-0.2, -0.15) is 5.10 Å². The van der Waals surface area contributed by atoms with Crippen molar-refractivity contribution in [3.8, 4) is 17.0 Å². The molecule has 4 rings (SSSR count). The fourth-order valence-electron chi connectivity index (χ4n) is 3.74. The average Bonchev–Trinajstić information content (AvgIpc) is 3.18. The van der Waals surface area contributed by atoms with Crippen LogP contribution in [0.15, 0.2) is 53.5 Å². The maximum Gasteiger partial charge on any atom is 0.273 e. The number of phenolic OH excluding ortho intramolecular Hbond substituents is 1. The Balaban J connectivity index is 1.95. The minimum absolute atomic E-state index is 0.123. The SMILES string of the molecule is C=CCN1C(=O)c2[nH]nc(-c3cc(C)c(C)cc3O)c2[C@H]1c1cccc(Br)c1. The first-order valence-electron chi connectivity index (χ1n) is 8.98. The number of carbonyl (C=O) groups is 1. The second-order valence-corrected chi connectivity index (χ2v) is 7.93. The minimum atomic E-state index is -0.312. The van der Waals surface area contributed by atoms with Crippen molar-refractivity contribution in [1.29, 1.82) is 0 Å². The van der Waals surface area contributed by atoms with Gasteiger partial charge >= 0.3 is 0 Å². The molecule has 0 aliphatic carbocycles. The highest BCUT2D eigenvalue weighted by Gasteiger charge is 2.42. The van der Waals surface area contributed by atoms with Crippen molar-refractivity contribution in [2.75, 3.05) is 6.54 Å². The molecule has 1 aliphatic heterocycles. The highest BCUT2D eigenvalue weighted by atomic mass is 79.9. The number of hydrogen-bond acceptors (Lipinski definition) is 3. The van der Waals surface area contributed by atoms with E-state index in [1.165, 1.54) is 0 Å². The number of aryl methyl sites for hydroxylation is 2. The number of halogens is 1. The number of aromatic amines is 1. The van der Waals surface area contributed by atoms with Crippen LogP contribution in [-0.2, 0) is 0 Å². The van der Waals surface area contributed by atoms with Crippen molar-refractivity contribution in [3.05, 3.63) is 81.5 Å². The number of rotatable bonds is 4. The normalized spacial score (nSPS) is 15.8. The molecule has 2 heterocycles. The molecule has 6 heteroatoms. The monoisotopic (exact) mass is 437 g/mol. The molecule has 28 heavy (non-hydrogen) atoms. The van der Waals surface area contributed by atoms with Gasteiger partial charge in [-0.3, -0.25) is 9.89 Å². The van der Waals surface area contributed by atoms with Gasteiger partial charge < -0.3 is 10.0 Å². The Hall–Kier alpha value is -2.86. The zero-order valence-electron chi connectivity index (χ0n) is 15.7.